The summed E-state index contributed by atoms with van der Waals surface area (Å²) >= 11 is 0. The molecule has 13 heavy (non-hydrogen) atoms. The van der Waals surface area contributed by atoms with Crippen LogP contribution in [0.5, 0.6) is 0 Å². The van der Waals surface area contributed by atoms with Crippen LogP contribution < -0.4 is 5.32 Å². The molecule has 1 aliphatic heterocycles. The molecule has 6 heteroatoms. The number of aliphatic carboxylic acids is 1. The minimum absolute atomic E-state index is 0.203. The molecule has 1 fully saturated rings. The van der Waals surface area contributed by atoms with Gasteiger partial charge in [0.15, 0.2) is 0 Å². The van der Waals surface area contributed by atoms with E-state index in [-0.39, 0.29) is 13.0 Å². The van der Waals surface area contributed by atoms with Gasteiger partial charge in [-0.15, -0.1) is 0 Å². The molecule has 0 aromatic rings. The van der Waals surface area contributed by atoms with Gasteiger partial charge in [-0.1, -0.05) is 0 Å². The number of amides is 1. The van der Waals surface area contributed by atoms with Crippen LogP contribution in [0.4, 0.5) is 8.78 Å². The Labute approximate surface area is 72.9 Å². The van der Waals surface area contributed by atoms with Gasteiger partial charge in [0.25, 0.3) is 0 Å². The number of alkyl halides is 2. The lowest BCUT2D eigenvalue weighted by Crippen LogP contribution is -2.35. The molecule has 0 spiro atoms. The third-order valence-electron chi connectivity index (χ3n) is 2.12. The van der Waals surface area contributed by atoms with E-state index >= 15 is 0 Å². The number of carbonyl (C=O) groups is 2. The highest BCUT2D eigenvalue weighted by atomic mass is 19.3. The van der Waals surface area contributed by atoms with Crippen molar-refractivity contribution in [2.75, 3.05) is 6.54 Å². The average molecular weight is 193 g/mol. The molecule has 74 valence electrons. The summed E-state index contributed by atoms with van der Waals surface area (Å²) in [7, 11) is 0. The molecule has 0 saturated carbocycles. The molecule has 0 radical (unpaired) electrons. The fraction of sp³-hybridized carbons (Fsp3) is 0.714. The van der Waals surface area contributed by atoms with Crippen molar-refractivity contribution in [3.05, 3.63) is 0 Å². The Kier molecular flexibility index (Phi) is 2.49. The first-order chi connectivity index (χ1) is 5.96. The first-order valence-corrected chi connectivity index (χ1v) is 3.74. The first kappa shape index (κ1) is 9.88. The number of carboxylic acids is 1. The number of rotatable bonds is 3. The second-order valence-corrected chi connectivity index (χ2v) is 3.13. The predicted octanol–water partition coefficient (Wildman–Crippen LogP) is 0.233. The van der Waals surface area contributed by atoms with Crippen LogP contribution in [0.3, 0.4) is 0 Å². The summed E-state index contributed by atoms with van der Waals surface area (Å²) in [6.07, 6.45) is -3.84. The van der Waals surface area contributed by atoms with Gasteiger partial charge >= 0.3 is 5.97 Å². The predicted molar refractivity (Wildman–Crippen MR) is 38.3 cm³/mol. The molecule has 1 amide bonds. The van der Waals surface area contributed by atoms with E-state index in [4.69, 9.17) is 5.11 Å². The van der Waals surface area contributed by atoms with Crippen LogP contribution in [-0.4, -0.2) is 30.0 Å². The summed E-state index contributed by atoms with van der Waals surface area (Å²) in [6, 6.07) is 0. The summed E-state index contributed by atoms with van der Waals surface area (Å²) in [5.41, 5.74) is -1.61. The van der Waals surface area contributed by atoms with Gasteiger partial charge in [-0.3, -0.25) is 9.59 Å². The van der Waals surface area contributed by atoms with Crippen molar-refractivity contribution in [1.82, 2.24) is 5.32 Å². The molecule has 1 saturated heterocycles. The van der Waals surface area contributed by atoms with Crippen LogP contribution >= 0.6 is 0 Å². The SMILES string of the molecule is O=C1CC(CC(F)F)(C(=O)O)CN1. The van der Waals surface area contributed by atoms with E-state index in [9.17, 15) is 18.4 Å². The zero-order chi connectivity index (χ0) is 10.1. The molecule has 0 aromatic heterocycles. The normalized spacial score (nSPS) is 27.8. The monoisotopic (exact) mass is 193 g/mol. The van der Waals surface area contributed by atoms with Crippen molar-refractivity contribution in [2.45, 2.75) is 19.3 Å². The van der Waals surface area contributed by atoms with Gasteiger partial charge in [0.2, 0.25) is 12.3 Å². The van der Waals surface area contributed by atoms with Crippen LogP contribution in [0, 0.1) is 5.41 Å². The Morgan fingerprint density at radius 3 is 2.62 bits per heavy atom. The van der Waals surface area contributed by atoms with E-state index in [1.165, 1.54) is 0 Å². The molecular weight excluding hydrogens is 184 g/mol. The fourth-order valence-electron chi connectivity index (χ4n) is 1.38. The van der Waals surface area contributed by atoms with Gasteiger partial charge in [-0.2, -0.15) is 0 Å². The minimum Gasteiger partial charge on any atom is -0.481 e. The van der Waals surface area contributed by atoms with Crippen LogP contribution in [0.2, 0.25) is 0 Å². The summed E-state index contributed by atoms with van der Waals surface area (Å²) < 4.78 is 24.0. The lowest BCUT2D eigenvalue weighted by atomic mass is 9.84. The summed E-state index contributed by atoms with van der Waals surface area (Å²) in [6.45, 7) is -0.203. The molecule has 1 atom stereocenters. The van der Waals surface area contributed by atoms with Gasteiger partial charge in [-0.05, 0) is 0 Å². The number of halogens is 2. The Hall–Kier alpha value is -1.20. The summed E-state index contributed by atoms with van der Waals surface area (Å²) in [4.78, 5) is 21.4. The quantitative estimate of drug-likeness (QED) is 0.674. The highest BCUT2D eigenvalue weighted by molar-refractivity contribution is 5.88. The van der Waals surface area contributed by atoms with Gasteiger partial charge < -0.3 is 10.4 Å². The van der Waals surface area contributed by atoms with Gasteiger partial charge in [0.05, 0.1) is 5.41 Å². The number of hydrogen-bond donors (Lipinski definition) is 2. The Bertz CT molecular complexity index is 244. The molecule has 1 unspecified atom stereocenters. The smallest absolute Gasteiger partial charge is 0.312 e. The molecule has 1 rings (SSSR count). The topological polar surface area (TPSA) is 66.4 Å². The third kappa shape index (κ3) is 1.93. The van der Waals surface area contributed by atoms with Crippen LogP contribution in [0.15, 0.2) is 0 Å². The Morgan fingerprint density at radius 2 is 2.31 bits per heavy atom. The molecule has 4 nitrogen and oxygen atoms in total. The van der Waals surface area contributed by atoms with Crippen molar-refractivity contribution in [1.29, 1.82) is 0 Å². The van der Waals surface area contributed by atoms with Crippen LogP contribution in [0.25, 0.3) is 0 Å². The first-order valence-electron chi connectivity index (χ1n) is 3.74. The molecule has 1 heterocycles. The standard InChI is InChI=1S/C7H9F2NO3/c8-4(9)1-7(6(12)13)2-5(11)10-3-7/h4H,1-3H2,(H,10,11)(H,12,13). The Balaban J connectivity index is 2.77. The lowest BCUT2D eigenvalue weighted by Gasteiger charge is -2.20. The van der Waals surface area contributed by atoms with Crippen LogP contribution in [-0.2, 0) is 9.59 Å². The molecule has 0 bridgehead atoms. The van der Waals surface area contributed by atoms with E-state index in [1.54, 1.807) is 0 Å². The summed E-state index contributed by atoms with van der Waals surface area (Å²) in [5.74, 6) is -1.82. The second kappa shape index (κ2) is 3.27. The molecular formula is C7H9F2NO3. The minimum atomic E-state index is -2.70. The van der Waals surface area contributed by atoms with Crippen molar-refractivity contribution in [3.63, 3.8) is 0 Å². The van der Waals surface area contributed by atoms with E-state index in [1.807, 2.05) is 0 Å². The average Bonchev–Trinajstić information content (AvgIpc) is 2.31. The molecule has 0 aromatic carbocycles. The van der Waals surface area contributed by atoms with Gasteiger partial charge in [-0.25, -0.2) is 8.78 Å². The molecule has 2 N–H and O–H groups in total. The van der Waals surface area contributed by atoms with Crippen molar-refractivity contribution in [2.24, 2.45) is 5.41 Å². The van der Waals surface area contributed by atoms with Crippen LogP contribution in [0.1, 0.15) is 12.8 Å². The lowest BCUT2D eigenvalue weighted by molar-refractivity contribution is -0.151. The van der Waals surface area contributed by atoms with E-state index in [0.29, 0.717) is 0 Å². The second-order valence-electron chi connectivity index (χ2n) is 3.13. The highest BCUT2D eigenvalue weighted by Crippen LogP contribution is 2.33. The zero-order valence-electron chi connectivity index (χ0n) is 6.72. The number of carbonyl (C=O) groups excluding carboxylic acids is 1. The molecule has 0 aliphatic carbocycles. The van der Waals surface area contributed by atoms with E-state index in [2.05, 4.69) is 5.32 Å². The van der Waals surface area contributed by atoms with Crippen molar-refractivity contribution >= 4 is 11.9 Å². The maximum atomic E-state index is 12.0. The maximum absolute atomic E-state index is 12.0. The number of carboxylic acid groups (broad SMARTS) is 1. The largest absolute Gasteiger partial charge is 0.481 e. The fourth-order valence-corrected chi connectivity index (χ4v) is 1.38. The highest BCUT2D eigenvalue weighted by Gasteiger charge is 2.47. The van der Waals surface area contributed by atoms with Gasteiger partial charge in [0, 0.05) is 19.4 Å². The van der Waals surface area contributed by atoms with Crippen molar-refractivity contribution in [3.8, 4) is 0 Å². The number of hydrogen-bond acceptors (Lipinski definition) is 2. The van der Waals surface area contributed by atoms with Crippen molar-refractivity contribution < 1.29 is 23.5 Å². The summed E-state index contributed by atoms with van der Waals surface area (Å²) in [5, 5.41) is 10.9. The van der Waals surface area contributed by atoms with E-state index < -0.39 is 30.1 Å². The van der Waals surface area contributed by atoms with E-state index in [0.717, 1.165) is 0 Å². The maximum Gasteiger partial charge on any atom is 0.312 e. The Morgan fingerprint density at radius 1 is 1.69 bits per heavy atom. The third-order valence-corrected chi connectivity index (χ3v) is 2.12. The molecule has 1 aliphatic rings. The zero-order valence-corrected chi connectivity index (χ0v) is 6.72. The number of nitrogens with one attached hydrogen (secondary N) is 1. The van der Waals surface area contributed by atoms with Gasteiger partial charge in [0.1, 0.15) is 0 Å².